The van der Waals surface area contributed by atoms with Crippen LogP contribution in [0.3, 0.4) is 0 Å². The Morgan fingerprint density at radius 1 is 1.34 bits per heavy atom. The topological polar surface area (TPSA) is 72.6 Å². The quantitative estimate of drug-likeness (QED) is 0.526. The van der Waals surface area contributed by atoms with Crippen molar-refractivity contribution >= 4 is 23.0 Å². The molecule has 3 aromatic rings. The number of thiophene rings is 1. The predicted octanol–water partition coefficient (Wildman–Crippen LogP) is 3.96. The van der Waals surface area contributed by atoms with Crippen LogP contribution in [0, 0.1) is 13.8 Å². The summed E-state index contributed by atoms with van der Waals surface area (Å²) in [5, 5.41) is 5.55. The second-order valence-corrected chi connectivity index (χ2v) is 8.93. The van der Waals surface area contributed by atoms with E-state index >= 15 is 0 Å². The molecule has 32 heavy (non-hydrogen) atoms. The molecule has 0 bridgehead atoms. The Labute approximate surface area is 187 Å². The van der Waals surface area contributed by atoms with Gasteiger partial charge in [0.1, 0.15) is 0 Å². The number of alkyl halides is 3. The lowest BCUT2D eigenvalue weighted by Crippen LogP contribution is -2.37. The van der Waals surface area contributed by atoms with Gasteiger partial charge in [0, 0.05) is 35.8 Å². The van der Waals surface area contributed by atoms with Crippen LogP contribution in [-0.2, 0) is 28.7 Å². The Morgan fingerprint density at radius 2 is 2.16 bits per heavy atom. The molecule has 0 N–H and O–H groups in total. The Kier molecular flexibility index (Phi) is 6.47. The van der Waals surface area contributed by atoms with Crippen LogP contribution in [0.25, 0.3) is 5.78 Å². The Hall–Kier alpha value is -2.53. The number of amides is 1. The molecule has 7 nitrogen and oxygen atoms in total. The molecule has 1 unspecified atom stereocenters. The van der Waals surface area contributed by atoms with Gasteiger partial charge in [0.15, 0.2) is 0 Å². The molecule has 11 heteroatoms. The molecule has 0 radical (unpaired) electrons. The van der Waals surface area contributed by atoms with Crippen molar-refractivity contribution in [2.45, 2.75) is 58.4 Å². The lowest BCUT2D eigenvalue weighted by atomic mass is 10.1. The van der Waals surface area contributed by atoms with Crippen molar-refractivity contribution in [3.05, 3.63) is 45.2 Å². The SMILES string of the molecule is Cc1nc2nc(C(F)(F)F)nn2c(C)c1CCC(=O)N(Cc1cccs1)CC1CCCO1. The second kappa shape index (κ2) is 9.14. The zero-order valence-electron chi connectivity index (χ0n) is 17.9. The summed E-state index contributed by atoms with van der Waals surface area (Å²) in [5.74, 6) is -1.35. The van der Waals surface area contributed by atoms with E-state index in [1.165, 1.54) is 0 Å². The highest BCUT2D eigenvalue weighted by molar-refractivity contribution is 7.09. The van der Waals surface area contributed by atoms with Crippen molar-refractivity contribution in [2.24, 2.45) is 0 Å². The van der Waals surface area contributed by atoms with E-state index in [-0.39, 0.29) is 24.2 Å². The number of rotatable bonds is 7. The van der Waals surface area contributed by atoms with Crippen LogP contribution in [0.5, 0.6) is 0 Å². The third kappa shape index (κ3) is 4.93. The lowest BCUT2D eigenvalue weighted by Gasteiger charge is -2.25. The van der Waals surface area contributed by atoms with Gasteiger partial charge in [0.2, 0.25) is 5.91 Å². The first-order valence-electron chi connectivity index (χ1n) is 10.4. The minimum absolute atomic E-state index is 0.0256. The maximum Gasteiger partial charge on any atom is 0.453 e. The average molecular weight is 468 g/mol. The first-order valence-corrected chi connectivity index (χ1v) is 11.3. The van der Waals surface area contributed by atoms with Crippen LogP contribution < -0.4 is 0 Å². The molecular formula is C21H24F3N5O2S. The molecule has 1 amide bonds. The number of nitrogens with zero attached hydrogens (tertiary/aromatic N) is 5. The number of hydrogen-bond donors (Lipinski definition) is 0. The first kappa shape index (κ1) is 22.7. The molecule has 1 atom stereocenters. The number of carbonyl (C=O) groups is 1. The van der Waals surface area contributed by atoms with Crippen LogP contribution in [-0.4, -0.2) is 49.6 Å². The van der Waals surface area contributed by atoms with Crippen LogP contribution in [0.15, 0.2) is 17.5 Å². The molecule has 0 spiro atoms. The summed E-state index contributed by atoms with van der Waals surface area (Å²) < 4.78 is 45.8. The molecule has 172 valence electrons. The number of carbonyl (C=O) groups excluding carboxylic acids is 1. The molecule has 1 saturated heterocycles. The fraction of sp³-hybridized carbons (Fsp3) is 0.524. The summed E-state index contributed by atoms with van der Waals surface area (Å²) in [6.07, 6.45) is -2.11. The molecule has 0 saturated carbocycles. The fourth-order valence-corrected chi connectivity index (χ4v) is 4.68. The molecule has 1 aliphatic rings. The molecule has 4 rings (SSSR count). The van der Waals surface area contributed by atoms with Crippen molar-refractivity contribution < 1.29 is 22.7 Å². The smallest absolute Gasteiger partial charge is 0.376 e. The molecule has 4 heterocycles. The highest BCUT2D eigenvalue weighted by Gasteiger charge is 2.37. The van der Waals surface area contributed by atoms with E-state index in [0.717, 1.165) is 22.2 Å². The fourth-order valence-electron chi connectivity index (χ4n) is 3.96. The number of hydrogen-bond acceptors (Lipinski definition) is 6. The van der Waals surface area contributed by atoms with Crippen LogP contribution in [0.2, 0.25) is 0 Å². The molecule has 0 aromatic carbocycles. The molecule has 1 aliphatic heterocycles. The van der Waals surface area contributed by atoms with Crippen molar-refractivity contribution in [1.82, 2.24) is 24.5 Å². The number of ether oxygens (including phenoxy) is 1. The average Bonchev–Trinajstić information content (AvgIpc) is 3.48. The van der Waals surface area contributed by atoms with E-state index in [4.69, 9.17) is 4.74 Å². The Bertz CT molecular complexity index is 1090. The summed E-state index contributed by atoms with van der Waals surface area (Å²) in [4.78, 5) is 23.7. The van der Waals surface area contributed by atoms with Gasteiger partial charge in [-0.05, 0) is 50.1 Å². The zero-order valence-corrected chi connectivity index (χ0v) is 18.7. The first-order chi connectivity index (χ1) is 15.2. The molecule has 3 aromatic heterocycles. The Balaban J connectivity index is 1.51. The van der Waals surface area contributed by atoms with Gasteiger partial charge in [-0.2, -0.15) is 18.2 Å². The Morgan fingerprint density at radius 3 is 2.81 bits per heavy atom. The van der Waals surface area contributed by atoms with Crippen molar-refractivity contribution in [1.29, 1.82) is 0 Å². The van der Waals surface area contributed by atoms with E-state index < -0.39 is 12.0 Å². The van der Waals surface area contributed by atoms with Gasteiger partial charge >= 0.3 is 6.18 Å². The predicted molar refractivity (Wildman–Crippen MR) is 112 cm³/mol. The van der Waals surface area contributed by atoms with Gasteiger partial charge in [-0.15, -0.1) is 16.4 Å². The second-order valence-electron chi connectivity index (χ2n) is 7.89. The van der Waals surface area contributed by atoms with Gasteiger partial charge in [0.05, 0.1) is 12.6 Å². The van der Waals surface area contributed by atoms with E-state index in [0.29, 0.717) is 43.1 Å². The standard InChI is InChI=1S/C21H24F3N5O2S/c1-13-17(14(2)29-20(25-13)26-19(27-29)21(22,23)24)7-8-18(30)28(11-15-5-3-9-31-15)12-16-6-4-10-32-16/h4,6,10,15H,3,5,7-9,11-12H2,1-2H3. The van der Waals surface area contributed by atoms with Gasteiger partial charge < -0.3 is 9.64 Å². The number of aryl methyl sites for hydroxylation is 2. The number of fused-ring (bicyclic) bond motifs is 1. The summed E-state index contributed by atoms with van der Waals surface area (Å²) in [5.41, 5.74) is 1.76. The molecule has 1 fully saturated rings. The van der Waals surface area contributed by atoms with Crippen LogP contribution >= 0.6 is 11.3 Å². The van der Waals surface area contributed by atoms with Gasteiger partial charge in [-0.1, -0.05) is 6.07 Å². The summed E-state index contributed by atoms with van der Waals surface area (Å²) in [7, 11) is 0. The minimum atomic E-state index is -4.64. The highest BCUT2D eigenvalue weighted by Crippen LogP contribution is 2.27. The molecule has 0 aliphatic carbocycles. The van der Waals surface area contributed by atoms with Crippen LogP contribution in [0.4, 0.5) is 13.2 Å². The van der Waals surface area contributed by atoms with Gasteiger partial charge in [-0.25, -0.2) is 9.50 Å². The lowest BCUT2D eigenvalue weighted by molar-refractivity contribution is -0.144. The van der Waals surface area contributed by atoms with Crippen molar-refractivity contribution in [3.8, 4) is 0 Å². The monoisotopic (exact) mass is 467 g/mol. The summed E-state index contributed by atoms with van der Waals surface area (Å²) in [6, 6.07) is 3.95. The molecular weight excluding hydrogens is 443 g/mol. The van der Waals surface area contributed by atoms with Crippen molar-refractivity contribution in [3.63, 3.8) is 0 Å². The van der Waals surface area contributed by atoms with Gasteiger partial charge in [0.25, 0.3) is 11.6 Å². The highest BCUT2D eigenvalue weighted by atomic mass is 32.1. The third-order valence-electron chi connectivity index (χ3n) is 5.62. The maximum atomic E-state index is 13.1. The van der Waals surface area contributed by atoms with E-state index in [9.17, 15) is 18.0 Å². The number of aromatic nitrogens is 4. The number of halogens is 3. The van der Waals surface area contributed by atoms with E-state index in [1.807, 2.05) is 22.4 Å². The maximum absolute atomic E-state index is 13.1. The summed E-state index contributed by atoms with van der Waals surface area (Å²) in [6.45, 7) is 5.15. The largest absolute Gasteiger partial charge is 0.453 e. The zero-order chi connectivity index (χ0) is 22.9. The third-order valence-corrected chi connectivity index (χ3v) is 6.48. The minimum Gasteiger partial charge on any atom is -0.376 e. The summed E-state index contributed by atoms with van der Waals surface area (Å²) >= 11 is 1.60. The van der Waals surface area contributed by atoms with E-state index in [2.05, 4.69) is 15.1 Å². The van der Waals surface area contributed by atoms with Crippen LogP contribution in [0.1, 0.15) is 46.9 Å². The van der Waals surface area contributed by atoms with Gasteiger partial charge in [-0.3, -0.25) is 4.79 Å². The normalized spacial score (nSPS) is 16.7. The van der Waals surface area contributed by atoms with E-state index in [1.54, 1.807) is 25.2 Å². The van der Waals surface area contributed by atoms with Crippen molar-refractivity contribution in [2.75, 3.05) is 13.2 Å².